The second-order valence-corrected chi connectivity index (χ2v) is 4.24. The van der Waals surface area contributed by atoms with E-state index in [9.17, 15) is 9.90 Å². The molecule has 17 heavy (non-hydrogen) atoms. The normalized spacial score (nSPS) is 15.7. The number of hydrogen-bond donors (Lipinski definition) is 1. The van der Waals surface area contributed by atoms with Crippen molar-refractivity contribution < 1.29 is 14.6 Å². The number of rotatable bonds is 5. The van der Waals surface area contributed by atoms with Crippen LogP contribution < -0.4 is 0 Å². The summed E-state index contributed by atoms with van der Waals surface area (Å²) in [5.41, 5.74) is -1.11. The summed E-state index contributed by atoms with van der Waals surface area (Å²) in [6, 6.07) is 8.89. The Morgan fingerprint density at radius 1 is 1.59 bits per heavy atom. The predicted octanol–water partition coefficient (Wildman–Crippen LogP) is 2.45. The van der Waals surface area contributed by atoms with E-state index in [1.54, 1.807) is 24.3 Å². The van der Waals surface area contributed by atoms with Crippen molar-refractivity contribution >= 4 is 17.6 Å². The van der Waals surface area contributed by atoms with Gasteiger partial charge in [0.1, 0.15) is 6.61 Å². The molecule has 0 heterocycles. The summed E-state index contributed by atoms with van der Waals surface area (Å²) in [6.45, 7) is 4.81. The molecule has 0 saturated carbocycles. The zero-order chi connectivity index (χ0) is 12.9. The van der Waals surface area contributed by atoms with Crippen molar-refractivity contribution in [2.45, 2.75) is 17.9 Å². The highest BCUT2D eigenvalue weighted by Gasteiger charge is 2.40. The van der Waals surface area contributed by atoms with Gasteiger partial charge in [0.15, 0.2) is 5.60 Å². The van der Waals surface area contributed by atoms with E-state index in [1.165, 1.54) is 13.0 Å². The SMILES string of the molecule is C=CCOC(=O)[C@](C)(O)[C@H](Cl)c1ccccc1. The zero-order valence-corrected chi connectivity index (χ0v) is 10.4. The van der Waals surface area contributed by atoms with E-state index >= 15 is 0 Å². The van der Waals surface area contributed by atoms with Crippen LogP contribution in [0.25, 0.3) is 0 Å². The maximum Gasteiger partial charge on any atom is 0.340 e. The van der Waals surface area contributed by atoms with Crippen molar-refractivity contribution in [2.24, 2.45) is 0 Å². The quantitative estimate of drug-likeness (QED) is 0.499. The van der Waals surface area contributed by atoms with Crippen molar-refractivity contribution in [1.29, 1.82) is 0 Å². The lowest BCUT2D eigenvalue weighted by Crippen LogP contribution is -2.40. The van der Waals surface area contributed by atoms with E-state index < -0.39 is 16.9 Å². The van der Waals surface area contributed by atoms with Gasteiger partial charge in [0.2, 0.25) is 0 Å². The van der Waals surface area contributed by atoms with Gasteiger partial charge in [-0.15, -0.1) is 11.6 Å². The highest BCUT2D eigenvalue weighted by atomic mass is 35.5. The van der Waals surface area contributed by atoms with Crippen molar-refractivity contribution in [2.75, 3.05) is 6.61 Å². The maximum absolute atomic E-state index is 11.6. The highest BCUT2D eigenvalue weighted by molar-refractivity contribution is 6.23. The summed E-state index contributed by atoms with van der Waals surface area (Å²) in [7, 11) is 0. The largest absolute Gasteiger partial charge is 0.459 e. The topological polar surface area (TPSA) is 46.5 Å². The smallest absolute Gasteiger partial charge is 0.340 e. The first-order valence-corrected chi connectivity index (χ1v) is 5.63. The Labute approximate surface area is 106 Å². The molecule has 1 aromatic carbocycles. The standard InChI is InChI=1S/C13H15ClO3/c1-3-9-17-12(15)13(2,16)11(14)10-7-5-4-6-8-10/h3-8,11,16H,1,9H2,2H3/t11-,13-/m1/s1. The van der Waals surface area contributed by atoms with Gasteiger partial charge in [-0.05, 0) is 12.5 Å². The molecule has 1 rings (SSSR count). The number of aliphatic hydroxyl groups is 1. The second-order valence-electron chi connectivity index (χ2n) is 3.81. The van der Waals surface area contributed by atoms with Crippen LogP contribution in [0.5, 0.6) is 0 Å². The Balaban J connectivity index is 2.82. The van der Waals surface area contributed by atoms with Gasteiger partial charge in [-0.3, -0.25) is 0 Å². The van der Waals surface area contributed by atoms with E-state index in [2.05, 4.69) is 6.58 Å². The fourth-order valence-electron chi connectivity index (χ4n) is 1.33. The Kier molecular flexibility index (Phi) is 4.73. The number of carbonyl (C=O) groups is 1. The fourth-order valence-corrected chi connectivity index (χ4v) is 1.57. The van der Waals surface area contributed by atoms with Gasteiger partial charge in [-0.1, -0.05) is 43.0 Å². The van der Waals surface area contributed by atoms with Crippen LogP contribution in [0.4, 0.5) is 0 Å². The lowest BCUT2D eigenvalue weighted by Gasteiger charge is -2.26. The molecular weight excluding hydrogens is 240 g/mol. The van der Waals surface area contributed by atoms with Crippen LogP contribution >= 0.6 is 11.6 Å². The third-order valence-electron chi connectivity index (χ3n) is 2.33. The minimum atomic E-state index is -1.77. The molecule has 0 spiro atoms. The van der Waals surface area contributed by atoms with Crippen LogP contribution in [-0.4, -0.2) is 23.3 Å². The first kappa shape index (κ1) is 13.7. The predicted molar refractivity (Wildman–Crippen MR) is 66.8 cm³/mol. The number of hydrogen-bond acceptors (Lipinski definition) is 3. The summed E-state index contributed by atoms with van der Waals surface area (Å²) >= 11 is 6.10. The van der Waals surface area contributed by atoms with Crippen molar-refractivity contribution in [1.82, 2.24) is 0 Å². The minimum Gasteiger partial charge on any atom is -0.459 e. The van der Waals surface area contributed by atoms with Gasteiger partial charge in [0.25, 0.3) is 0 Å². The molecule has 0 amide bonds. The second kappa shape index (κ2) is 5.84. The zero-order valence-electron chi connectivity index (χ0n) is 9.60. The lowest BCUT2D eigenvalue weighted by atomic mass is 9.96. The highest BCUT2D eigenvalue weighted by Crippen LogP contribution is 2.33. The first-order chi connectivity index (χ1) is 8.00. The number of esters is 1. The molecule has 2 atom stereocenters. The van der Waals surface area contributed by atoms with Crippen LogP contribution in [0.3, 0.4) is 0 Å². The average Bonchev–Trinajstić information content (AvgIpc) is 2.35. The van der Waals surface area contributed by atoms with Gasteiger partial charge < -0.3 is 9.84 Å². The molecule has 0 aliphatic heterocycles. The molecule has 3 nitrogen and oxygen atoms in total. The van der Waals surface area contributed by atoms with Crippen LogP contribution in [0, 0.1) is 0 Å². The first-order valence-electron chi connectivity index (χ1n) is 5.19. The van der Waals surface area contributed by atoms with E-state index in [0.717, 1.165) is 0 Å². The van der Waals surface area contributed by atoms with Gasteiger partial charge in [-0.2, -0.15) is 0 Å². The molecule has 0 aliphatic rings. The molecular formula is C13H15ClO3. The van der Waals surface area contributed by atoms with E-state index in [4.69, 9.17) is 16.3 Å². The minimum absolute atomic E-state index is 0.0490. The van der Waals surface area contributed by atoms with Gasteiger partial charge in [-0.25, -0.2) is 4.79 Å². The Bertz CT molecular complexity index is 387. The van der Waals surface area contributed by atoms with Crippen molar-refractivity contribution in [3.05, 3.63) is 48.6 Å². The molecule has 1 N–H and O–H groups in total. The van der Waals surface area contributed by atoms with E-state index in [1.807, 2.05) is 6.07 Å². The molecule has 0 unspecified atom stereocenters. The van der Waals surface area contributed by atoms with Crippen LogP contribution in [0.15, 0.2) is 43.0 Å². The summed E-state index contributed by atoms with van der Waals surface area (Å²) in [6.07, 6.45) is 1.43. The number of benzene rings is 1. The summed E-state index contributed by atoms with van der Waals surface area (Å²) in [5.74, 6) is -0.763. The lowest BCUT2D eigenvalue weighted by molar-refractivity contribution is -0.162. The molecule has 0 aromatic heterocycles. The molecule has 0 radical (unpaired) electrons. The maximum atomic E-state index is 11.6. The van der Waals surface area contributed by atoms with E-state index in [0.29, 0.717) is 5.56 Å². The molecule has 1 aromatic rings. The number of carbonyl (C=O) groups excluding carboxylic acids is 1. The number of ether oxygens (including phenoxy) is 1. The fraction of sp³-hybridized carbons (Fsp3) is 0.308. The Hall–Kier alpha value is -1.32. The van der Waals surface area contributed by atoms with Gasteiger partial charge >= 0.3 is 5.97 Å². The van der Waals surface area contributed by atoms with E-state index in [-0.39, 0.29) is 6.61 Å². The van der Waals surface area contributed by atoms with Crippen LogP contribution in [0.1, 0.15) is 17.9 Å². The summed E-state index contributed by atoms with van der Waals surface area (Å²) in [4.78, 5) is 11.6. The van der Waals surface area contributed by atoms with Gasteiger partial charge in [0, 0.05) is 0 Å². The van der Waals surface area contributed by atoms with Gasteiger partial charge in [0.05, 0.1) is 5.38 Å². The average molecular weight is 255 g/mol. The monoisotopic (exact) mass is 254 g/mol. The Morgan fingerprint density at radius 3 is 2.71 bits per heavy atom. The molecule has 4 heteroatoms. The molecule has 0 bridgehead atoms. The summed E-state index contributed by atoms with van der Waals surface area (Å²) < 4.78 is 4.81. The molecule has 92 valence electrons. The van der Waals surface area contributed by atoms with Crippen LogP contribution in [-0.2, 0) is 9.53 Å². The third kappa shape index (κ3) is 3.32. The van der Waals surface area contributed by atoms with Crippen molar-refractivity contribution in [3.63, 3.8) is 0 Å². The molecule has 0 aliphatic carbocycles. The Morgan fingerprint density at radius 2 is 2.18 bits per heavy atom. The van der Waals surface area contributed by atoms with Crippen molar-refractivity contribution in [3.8, 4) is 0 Å². The molecule has 0 fully saturated rings. The summed E-state index contributed by atoms with van der Waals surface area (Å²) in [5, 5.41) is 9.23. The molecule has 0 saturated heterocycles. The number of halogens is 1. The third-order valence-corrected chi connectivity index (χ3v) is 3.01. The van der Waals surface area contributed by atoms with Crippen LogP contribution in [0.2, 0.25) is 0 Å². The number of alkyl halides is 1.